The zero-order valence-corrected chi connectivity index (χ0v) is 13.3. The summed E-state index contributed by atoms with van der Waals surface area (Å²) >= 11 is 4.93. The van der Waals surface area contributed by atoms with Crippen LogP contribution in [-0.4, -0.2) is 23.4 Å². The molecule has 0 fully saturated rings. The predicted molar refractivity (Wildman–Crippen MR) is 89.2 cm³/mol. The van der Waals surface area contributed by atoms with E-state index in [2.05, 4.69) is 20.8 Å². The Labute approximate surface area is 141 Å². The molecule has 1 heterocycles. The van der Waals surface area contributed by atoms with Gasteiger partial charge < -0.3 is 10.1 Å². The maximum Gasteiger partial charge on any atom is 0.418 e. The van der Waals surface area contributed by atoms with Gasteiger partial charge in [0.05, 0.1) is 30.8 Å². The molecule has 0 aliphatic carbocycles. The van der Waals surface area contributed by atoms with Gasteiger partial charge in [0.1, 0.15) is 5.75 Å². The number of methoxy groups -OCH3 is 1. The summed E-state index contributed by atoms with van der Waals surface area (Å²) in [7, 11) is 1.52. The fraction of sp³-hybridized carbons (Fsp3) is 0.133. The van der Waals surface area contributed by atoms with Crippen molar-refractivity contribution < 1.29 is 17.9 Å². The van der Waals surface area contributed by atoms with Gasteiger partial charge in [-0.1, -0.05) is 12.1 Å². The van der Waals surface area contributed by atoms with E-state index in [9.17, 15) is 13.2 Å². The molecule has 126 valence electrons. The lowest BCUT2D eigenvalue weighted by Crippen LogP contribution is -2.25. The number of benzene rings is 1. The van der Waals surface area contributed by atoms with Crippen LogP contribution in [0.4, 0.5) is 18.9 Å². The van der Waals surface area contributed by atoms with Crippen LogP contribution in [-0.2, 0) is 6.18 Å². The Morgan fingerprint density at radius 1 is 1.29 bits per heavy atom. The van der Waals surface area contributed by atoms with Crippen molar-refractivity contribution in [3.05, 3.63) is 53.9 Å². The molecule has 5 nitrogen and oxygen atoms in total. The van der Waals surface area contributed by atoms with E-state index in [1.54, 1.807) is 24.3 Å². The molecule has 0 atom stereocenters. The molecule has 0 aliphatic rings. The lowest BCUT2D eigenvalue weighted by Gasteiger charge is -2.13. The Morgan fingerprint density at radius 2 is 2.04 bits per heavy atom. The van der Waals surface area contributed by atoms with Crippen molar-refractivity contribution in [2.75, 3.05) is 12.4 Å². The number of para-hydroxylation sites is 1. The highest BCUT2D eigenvalue weighted by Gasteiger charge is 2.33. The van der Waals surface area contributed by atoms with E-state index in [-0.39, 0.29) is 10.8 Å². The lowest BCUT2D eigenvalue weighted by atomic mass is 10.2. The van der Waals surface area contributed by atoms with Crippen LogP contribution in [0.1, 0.15) is 11.1 Å². The molecule has 0 amide bonds. The summed E-state index contributed by atoms with van der Waals surface area (Å²) in [5.74, 6) is 0.605. The molecule has 0 radical (unpaired) electrons. The van der Waals surface area contributed by atoms with Gasteiger partial charge in [0.15, 0.2) is 5.11 Å². The molecule has 2 aromatic rings. The molecule has 0 saturated heterocycles. The number of ether oxygens (including phenoxy) is 1. The standard InChI is InChI=1S/C15H13F3N4OS/c1-23-13-5-3-2-4-10(13)8-20-22-14(24)21-12-9-19-7-6-11(12)15(16,17)18/h2-9H,1H3,(H2,21,22,24)/b20-8+. The predicted octanol–water partition coefficient (Wildman–Crippen LogP) is 3.43. The van der Waals surface area contributed by atoms with Crippen LogP contribution < -0.4 is 15.5 Å². The van der Waals surface area contributed by atoms with E-state index >= 15 is 0 Å². The molecule has 2 rings (SSSR count). The van der Waals surface area contributed by atoms with Gasteiger partial charge in [0.2, 0.25) is 0 Å². The molecule has 1 aromatic carbocycles. The average molecular weight is 354 g/mol. The Hall–Kier alpha value is -2.68. The number of nitrogens with zero attached hydrogens (tertiary/aromatic N) is 2. The van der Waals surface area contributed by atoms with Gasteiger partial charge in [-0.3, -0.25) is 10.4 Å². The minimum atomic E-state index is -4.51. The molecule has 0 bridgehead atoms. The van der Waals surface area contributed by atoms with Crippen molar-refractivity contribution in [3.8, 4) is 5.75 Å². The van der Waals surface area contributed by atoms with Crippen molar-refractivity contribution in [3.63, 3.8) is 0 Å². The van der Waals surface area contributed by atoms with Crippen molar-refractivity contribution in [2.24, 2.45) is 5.10 Å². The summed E-state index contributed by atoms with van der Waals surface area (Å²) in [6.45, 7) is 0. The molecule has 0 spiro atoms. The zero-order valence-electron chi connectivity index (χ0n) is 12.5. The number of hydrazone groups is 1. The van der Waals surface area contributed by atoms with E-state index in [0.717, 1.165) is 18.5 Å². The number of halogens is 3. The molecular weight excluding hydrogens is 341 g/mol. The van der Waals surface area contributed by atoms with Gasteiger partial charge in [-0.2, -0.15) is 18.3 Å². The van der Waals surface area contributed by atoms with Crippen LogP contribution >= 0.6 is 12.2 Å². The summed E-state index contributed by atoms with van der Waals surface area (Å²) in [5.41, 5.74) is 2.02. The maximum atomic E-state index is 12.9. The monoisotopic (exact) mass is 354 g/mol. The third-order valence-electron chi connectivity index (χ3n) is 2.88. The smallest absolute Gasteiger partial charge is 0.418 e. The first kappa shape index (κ1) is 17.7. The highest BCUT2D eigenvalue weighted by Crippen LogP contribution is 2.33. The largest absolute Gasteiger partial charge is 0.496 e. The Kier molecular flexibility index (Phi) is 5.69. The molecule has 0 unspecified atom stereocenters. The number of hydrogen-bond donors (Lipinski definition) is 2. The Balaban J connectivity index is 2.03. The molecule has 24 heavy (non-hydrogen) atoms. The summed E-state index contributed by atoms with van der Waals surface area (Å²) in [6, 6.07) is 7.98. The summed E-state index contributed by atoms with van der Waals surface area (Å²) in [6.07, 6.45) is -0.965. The number of pyridine rings is 1. The second-order valence-corrected chi connectivity index (χ2v) is 4.89. The van der Waals surface area contributed by atoms with Gasteiger partial charge in [-0.25, -0.2) is 0 Å². The zero-order chi connectivity index (χ0) is 17.6. The topological polar surface area (TPSA) is 58.5 Å². The van der Waals surface area contributed by atoms with Crippen LogP contribution in [0.3, 0.4) is 0 Å². The average Bonchev–Trinajstić information content (AvgIpc) is 2.55. The molecule has 9 heteroatoms. The maximum absolute atomic E-state index is 12.9. The first-order valence-corrected chi connectivity index (χ1v) is 7.07. The number of hydrogen-bond acceptors (Lipinski definition) is 4. The van der Waals surface area contributed by atoms with Crippen molar-refractivity contribution in [1.82, 2.24) is 10.4 Å². The van der Waals surface area contributed by atoms with E-state index in [1.807, 2.05) is 0 Å². The van der Waals surface area contributed by atoms with Gasteiger partial charge in [0.25, 0.3) is 0 Å². The van der Waals surface area contributed by atoms with Crippen molar-refractivity contribution in [2.45, 2.75) is 6.18 Å². The molecule has 1 aromatic heterocycles. The highest BCUT2D eigenvalue weighted by atomic mass is 32.1. The second-order valence-electron chi connectivity index (χ2n) is 4.49. The van der Waals surface area contributed by atoms with Crippen molar-refractivity contribution >= 4 is 29.2 Å². The lowest BCUT2D eigenvalue weighted by molar-refractivity contribution is -0.137. The van der Waals surface area contributed by atoms with E-state index in [0.29, 0.717) is 11.3 Å². The molecule has 2 N–H and O–H groups in total. The second kappa shape index (κ2) is 7.73. The fourth-order valence-corrected chi connectivity index (χ4v) is 1.99. The van der Waals surface area contributed by atoms with Gasteiger partial charge in [0, 0.05) is 11.8 Å². The van der Waals surface area contributed by atoms with Crippen LogP contribution in [0.2, 0.25) is 0 Å². The van der Waals surface area contributed by atoms with Gasteiger partial charge in [-0.15, -0.1) is 0 Å². The van der Waals surface area contributed by atoms with Gasteiger partial charge >= 0.3 is 6.18 Å². The SMILES string of the molecule is COc1ccccc1/C=N/NC(=S)Nc1cnccc1C(F)(F)F. The Bertz CT molecular complexity index is 749. The summed E-state index contributed by atoms with van der Waals surface area (Å²) in [4.78, 5) is 3.66. The minimum absolute atomic E-state index is 0.0975. The summed E-state index contributed by atoms with van der Waals surface area (Å²) < 4.78 is 43.8. The fourth-order valence-electron chi connectivity index (χ4n) is 1.83. The quantitative estimate of drug-likeness (QED) is 0.500. The molecule has 0 aliphatic heterocycles. The number of rotatable bonds is 4. The Morgan fingerprint density at radius 3 is 2.75 bits per heavy atom. The number of anilines is 1. The molecular formula is C15H13F3N4OS. The number of aromatic nitrogens is 1. The third-order valence-corrected chi connectivity index (χ3v) is 3.08. The number of alkyl halides is 3. The third kappa shape index (κ3) is 4.66. The van der Waals surface area contributed by atoms with Crippen LogP contribution in [0.15, 0.2) is 47.8 Å². The first-order chi connectivity index (χ1) is 11.4. The van der Waals surface area contributed by atoms with E-state index in [1.165, 1.54) is 13.3 Å². The number of thiocarbonyl (C=S) groups is 1. The molecule has 0 saturated carbocycles. The van der Waals surface area contributed by atoms with E-state index in [4.69, 9.17) is 17.0 Å². The normalized spacial score (nSPS) is 11.3. The van der Waals surface area contributed by atoms with Crippen LogP contribution in [0, 0.1) is 0 Å². The van der Waals surface area contributed by atoms with Crippen LogP contribution in [0.5, 0.6) is 5.75 Å². The van der Waals surface area contributed by atoms with Crippen molar-refractivity contribution in [1.29, 1.82) is 0 Å². The first-order valence-electron chi connectivity index (χ1n) is 6.66. The van der Waals surface area contributed by atoms with Crippen LogP contribution in [0.25, 0.3) is 0 Å². The summed E-state index contributed by atoms with van der Waals surface area (Å²) in [5, 5.41) is 6.21. The number of nitrogens with one attached hydrogen (secondary N) is 2. The van der Waals surface area contributed by atoms with E-state index < -0.39 is 11.7 Å². The van der Waals surface area contributed by atoms with Gasteiger partial charge in [-0.05, 0) is 30.4 Å². The minimum Gasteiger partial charge on any atom is -0.496 e. The highest BCUT2D eigenvalue weighted by molar-refractivity contribution is 7.80.